The van der Waals surface area contributed by atoms with Gasteiger partial charge in [0.25, 0.3) is 0 Å². The van der Waals surface area contributed by atoms with Gasteiger partial charge in [0.05, 0.1) is 14.5 Å². The number of thiazole rings is 1. The van der Waals surface area contributed by atoms with Gasteiger partial charge in [-0.05, 0) is 41.9 Å². The summed E-state index contributed by atoms with van der Waals surface area (Å²) in [6.45, 7) is 5.96. The van der Waals surface area contributed by atoms with Gasteiger partial charge in [-0.15, -0.1) is 22.7 Å². The molecule has 0 saturated carbocycles. The van der Waals surface area contributed by atoms with Gasteiger partial charge in [-0.3, -0.25) is 0 Å². The molecule has 0 aliphatic carbocycles. The standard InChI is InChI=1S/C11H13BrN2S2/c1-7-10(15-8(2)14-7)6-13-5-9-3-4-11(12)16-9/h3-4,13H,5-6H2,1-2H3. The summed E-state index contributed by atoms with van der Waals surface area (Å²) >= 11 is 7.02. The smallest absolute Gasteiger partial charge is 0.0900 e. The lowest BCUT2D eigenvalue weighted by molar-refractivity contribution is 0.705. The summed E-state index contributed by atoms with van der Waals surface area (Å²) < 4.78 is 1.19. The molecule has 5 heteroatoms. The van der Waals surface area contributed by atoms with Crippen LogP contribution in [0.3, 0.4) is 0 Å². The highest BCUT2D eigenvalue weighted by Gasteiger charge is 2.04. The maximum atomic E-state index is 4.41. The van der Waals surface area contributed by atoms with Crippen molar-refractivity contribution in [3.63, 3.8) is 0 Å². The number of nitrogens with zero attached hydrogens (tertiary/aromatic N) is 1. The summed E-state index contributed by atoms with van der Waals surface area (Å²) in [5.41, 5.74) is 1.15. The Labute approximate surface area is 112 Å². The molecule has 0 aromatic carbocycles. The fourth-order valence-electron chi connectivity index (χ4n) is 1.48. The SMILES string of the molecule is Cc1nc(C)c(CNCc2ccc(Br)s2)s1. The number of thiophene rings is 1. The van der Waals surface area contributed by atoms with Crippen LogP contribution in [0.4, 0.5) is 0 Å². The van der Waals surface area contributed by atoms with E-state index < -0.39 is 0 Å². The molecule has 2 rings (SSSR count). The second-order valence-electron chi connectivity index (χ2n) is 3.55. The number of nitrogens with one attached hydrogen (secondary N) is 1. The highest BCUT2D eigenvalue weighted by Crippen LogP contribution is 2.22. The molecule has 0 bridgehead atoms. The summed E-state index contributed by atoms with van der Waals surface area (Å²) in [7, 11) is 0. The molecule has 0 aliphatic rings. The molecule has 0 fully saturated rings. The molecule has 0 unspecified atom stereocenters. The minimum Gasteiger partial charge on any atom is -0.307 e. The maximum absolute atomic E-state index is 4.41. The van der Waals surface area contributed by atoms with E-state index in [9.17, 15) is 0 Å². The van der Waals surface area contributed by atoms with E-state index in [2.05, 4.69) is 52.2 Å². The van der Waals surface area contributed by atoms with Crippen LogP contribution in [0, 0.1) is 13.8 Å². The van der Waals surface area contributed by atoms with Crippen LogP contribution in [0.2, 0.25) is 0 Å². The Bertz CT molecular complexity index is 476. The van der Waals surface area contributed by atoms with Gasteiger partial charge in [-0.2, -0.15) is 0 Å². The summed E-state index contributed by atoms with van der Waals surface area (Å²) in [5.74, 6) is 0. The first-order valence-electron chi connectivity index (χ1n) is 5.03. The molecular formula is C11H13BrN2S2. The minimum absolute atomic E-state index is 0.910. The van der Waals surface area contributed by atoms with E-state index in [1.165, 1.54) is 13.5 Å². The van der Waals surface area contributed by atoms with Crippen LogP contribution in [0.15, 0.2) is 15.9 Å². The van der Waals surface area contributed by atoms with E-state index >= 15 is 0 Å². The lowest BCUT2D eigenvalue weighted by Crippen LogP contribution is -2.11. The van der Waals surface area contributed by atoms with Gasteiger partial charge in [0.1, 0.15) is 0 Å². The summed E-state index contributed by atoms with van der Waals surface area (Å²) in [6.07, 6.45) is 0. The van der Waals surface area contributed by atoms with Crippen molar-refractivity contribution >= 4 is 38.6 Å². The molecule has 0 saturated heterocycles. The first kappa shape index (κ1) is 12.2. The lowest BCUT2D eigenvalue weighted by atomic mass is 10.4. The highest BCUT2D eigenvalue weighted by atomic mass is 79.9. The number of aryl methyl sites for hydroxylation is 2. The van der Waals surface area contributed by atoms with Crippen LogP contribution in [0.1, 0.15) is 20.5 Å². The third-order valence-corrected chi connectivity index (χ3v) is 4.91. The molecule has 1 N–H and O–H groups in total. The predicted octanol–water partition coefficient (Wildman–Crippen LogP) is 3.87. The Morgan fingerprint density at radius 3 is 2.62 bits per heavy atom. The van der Waals surface area contributed by atoms with Gasteiger partial charge in [0, 0.05) is 22.8 Å². The van der Waals surface area contributed by atoms with Gasteiger partial charge in [-0.25, -0.2) is 4.98 Å². The molecule has 0 atom stereocenters. The fraction of sp³-hybridized carbons (Fsp3) is 0.364. The van der Waals surface area contributed by atoms with E-state index in [0.29, 0.717) is 0 Å². The lowest BCUT2D eigenvalue weighted by Gasteiger charge is -2.01. The van der Waals surface area contributed by atoms with E-state index in [4.69, 9.17) is 0 Å². The van der Waals surface area contributed by atoms with Crippen molar-refractivity contribution in [2.45, 2.75) is 26.9 Å². The molecule has 2 aromatic rings. The van der Waals surface area contributed by atoms with Crippen LogP contribution in [-0.4, -0.2) is 4.98 Å². The van der Waals surface area contributed by atoms with Crippen molar-refractivity contribution in [2.75, 3.05) is 0 Å². The molecular weight excluding hydrogens is 304 g/mol. The molecule has 86 valence electrons. The first-order valence-corrected chi connectivity index (χ1v) is 7.45. The molecule has 16 heavy (non-hydrogen) atoms. The van der Waals surface area contributed by atoms with Crippen LogP contribution in [0.25, 0.3) is 0 Å². The molecule has 0 radical (unpaired) electrons. The number of aromatic nitrogens is 1. The summed E-state index contributed by atoms with van der Waals surface area (Å²) in [5, 5.41) is 4.59. The average molecular weight is 317 g/mol. The van der Waals surface area contributed by atoms with E-state index in [0.717, 1.165) is 23.8 Å². The quantitative estimate of drug-likeness (QED) is 0.926. The van der Waals surface area contributed by atoms with Crippen molar-refractivity contribution in [2.24, 2.45) is 0 Å². The molecule has 0 amide bonds. The topological polar surface area (TPSA) is 24.9 Å². The number of hydrogen-bond acceptors (Lipinski definition) is 4. The third-order valence-electron chi connectivity index (χ3n) is 2.21. The fourth-order valence-corrected chi connectivity index (χ4v) is 3.84. The predicted molar refractivity (Wildman–Crippen MR) is 74.2 cm³/mol. The minimum atomic E-state index is 0.910. The van der Waals surface area contributed by atoms with Gasteiger partial charge in [0.2, 0.25) is 0 Å². The molecule has 2 aromatic heterocycles. The van der Waals surface area contributed by atoms with Crippen LogP contribution in [0.5, 0.6) is 0 Å². The zero-order valence-electron chi connectivity index (χ0n) is 9.21. The van der Waals surface area contributed by atoms with E-state index in [1.807, 2.05) is 0 Å². The second-order valence-corrected chi connectivity index (χ2v) is 7.39. The maximum Gasteiger partial charge on any atom is 0.0900 e. The van der Waals surface area contributed by atoms with E-state index in [-0.39, 0.29) is 0 Å². The number of hydrogen-bond donors (Lipinski definition) is 1. The second kappa shape index (κ2) is 5.40. The first-order chi connectivity index (χ1) is 7.65. The van der Waals surface area contributed by atoms with Crippen molar-refractivity contribution in [1.82, 2.24) is 10.3 Å². The van der Waals surface area contributed by atoms with Crippen LogP contribution in [-0.2, 0) is 13.1 Å². The van der Waals surface area contributed by atoms with E-state index in [1.54, 1.807) is 22.7 Å². The van der Waals surface area contributed by atoms with Gasteiger partial charge >= 0.3 is 0 Å². The van der Waals surface area contributed by atoms with Crippen molar-refractivity contribution < 1.29 is 0 Å². The van der Waals surface area contributed by atoms with Crippen molar-refractivity contribution in [3.8, 4) is 0 Å². The Hall–Kier alpha value is -0.230. The van der Waals surface area contributed by atoms with Crippen molar-refractivity contribution in [1.29, 1.82) is 0 Å². The Morgan fingerprint density at radius 1 is 1.25 bits per heavy atom. The number of rotatable bonds is 4. The monoisotopic (exact) mass is 316 g/mol. The molecule has 2 nitrogen and oxygen atoms in total. The molecule has 0 spiro atoms. The zero-order valence-corrected chi connectivity index (χ0v) is 12.4. The highest BCUT2D eigenvalue weighted by molar-refractivity contribution is 9.11. The molecule has 2 heterocycles. The largest absolute Gasteiger partial charge is 0.307 e. The average Bonchev–Trinajstić information content (AvgIpc) is 2.74. The Kier molecular flexibility index (Phi) is 4.13. The van der Waals surface area contributed by atoms with Crippen LogP contribution >= 0.6 is 38.6 Å². The van der Waals surface area contributed by atoms with Crippen LogP contribution < -0.4 is 5.32 Å². The Balaban J connectivity index is 1.86. The zero-order chi connectivity index (χ0) is 11.5. The normalized spacial score (nSPS) is 10.9. The summed E-state index contributed by atoms with van der Waals surface area (Å²) in [6, 6.07) is 4.23. The van der Waals surface area contributed by atoms with Gasteiger partial charge < -0.3 is 5.32 Å². The Morgan fingerprint density at radius 2 is 2.06 bits per heavy atom. The number of halogens is 1. The molecule has 0 aliphatic heterocycles. The van der Waals surface area contributed by atoms with Crippen molar-refractivity contribution in [3.05, 3.63) is 36.4 Å². The van der Waals surface area contributed by atoms with Gasteiger partial charge in [-0.1, -0.05) is 0 Å². The van der Waals surface area contributed by atoms with Gasteiger partial charge in [0.15, 0.2) is 0 Å². The third kappa shape index (κ3) is 3.13. The summed E-state index contributed by atoms with van der Waals surface area (Å²) in [4.78, 5) is 7.11.